The first kappa shape index (κ1) is 27.6. The van der Waals surface area contributed by atoms with Gasteiger partial charge in [0.05, 0.1) is 11.3 Å². The van der Waals surface area contributed by atoms with Crippen molar-refractivity contribution in [3.8, 4) is 11.3 Å². The van der Waals surface area contributed by atoms with Gasteiger partial charge in [-0.3, -0.25) is 4.72 Å². The summed E-state index contributed by atoms with van der Waals surface area (Å²) in [4.78, 5) is 21.3. The lowest BCUT2D eigenvalue weighted by Crippen LogP contribution is -2.27. The molecule has 202 valence electrons. The van der Waals surface area contributed by atoms with Gasteiger partial charge in [0.25, 0.3) is 10.0 Å². The fourth-order valence-electron chi connectivity index (χ4n) is 4.54. The van der Waals surface area contributed by atoms with Gasteiger partial charge in [-0.15, -0.1) is 0 Å². The van der Waals surface area contributed by atoms with E-state index >= 15 is 0 Å². The molecule has 7 nitrogen and oxygen atoms in total. The van der Waals surface area contributed by atoms with E-state index in [-0.39, 0.29) is 23.0 Å². The number of nitrogens with zero attached hydrogens (tertiary/aromatic N) is 3. The van der Waals surface area contributed by atoms with E-state index < -0.39 is 21.8 Å². The standard InChI is InChI=1S/C27H29F3N4O3S/c28-27(29,30)22-15-16-23-31-26(22)21-12-6-5-11-20(21)10-4-2-1-3-7-17-34(18-9-19-35)24-13-8-14-25(32-24)38(36,37)33-23/h5-6,8,11-16,19H,1-4,7,9-10,17-18H2,(H,31,33). The molecule has 0 radical (unpaired) electrons. The summed E-state index contributed by atoms with van der Waals surface area (Å²) in [6, 6.07) is 13.2. The molecule has 1 N–H and O–H groups in total. The number of aryl methyl sites for hydroxylation is 1. The average Bonchev–Trinajstić information content (AvgIpc) is 2.89. The third-order valence-corrected chi connectivity index (χ3v) is 7.67. The SMILES string of the molecule is O=CCCN1CCCCCCCc2ccccc2-c2nc(ccc2C(F)(F)F)NS(=O)(=O)c2cccc1n2. The van der Waals surface area contributed by atoms with Crippen LogP contribution in [0.5, 0.6) is 0 Å². The molecule has 1 aliphatic heterocycles. The van der Waals surface area contributed by atoms with Crippen molar-refractivity contribution in [3.05, 3.63) is 65.7 Å². The predicted molar refractivity (Wildman–Crippen MR) is 139 cm³/mol. The topological polar surface area (TPSA) is 92.3 Å². The van der Waals surface area contributed by atoms with Crippen LogP contribution >= 0.6 is 0 Å². The highest BCUT2D eigenvalue weighted by atomic mass is 32.2. The summed E-state index contributed by atoms with van der Waals surface area (Å²) >= 11 is 0. The summed E-state index contributed by atoms with van der Waals surface area (Å²) in [5.74, 6) is 0.166. The number of hydrogen-bond donors (Lipinski definition) is 1. The van der Waals surface area contributed by atoms with Crippen LogP contribution in [-0.4, -0.2) is 37.8 Å². The lowest BCUT2D eigenvalue weighted by Gasteiger charge is -2.23. The molecule has 3 heterocycles. The van der Waals surface area contributed by atoms with Gasteiger partial charge in [0.15, 0.2) is 5.03 Å². The summed E-state index contributed by atoms with van der Waals surface area (Å²) in [6.07, 6.45) is 1.37. The van der Waals surface area contributed by atoms with Crippen molar-refractivity contribution < 1.29 is 26.4 Å². The predicted octanol–water partition coefficient (Wildman–Crippen LogP) is 5.87. The molecule has 38 heavy (non-hydrogen) atoms. The Balaban J connectivity index is 1.80. The maximum absolute atomic E-state index is 14.0. The molecule has 11 heteroatoms. The van der Waals surface area contributed by atoms with Gasteiger partial charge in [0.2, 0.25) is 0 Å². The van der Waals surface area contributed by atoms with Gasteiger partial charge in [-0.25, -0.2) is 9.97 Å². The number of hydrogen-bond acceptors (Lipinski definition) is 6. The van der Waals surface area contributed by atoms with Gasteiger partial charge in [0.1, 0.15) is 17.9 Å². The van der Waals surface area contributed by atoms with Crippen LogP contribution in [0.25, 0.3) is 11.3 Å². The largest absolute Gasteiger partial charge is 0.418 e. The molecule has 0 unspecified atom stereocenters. The number of nitrogens with one attached hydrogen (secondary N) is 1. The molecule has 0 atom stereocenters. The minimum atomic E-state index is -4.68. The molecule has 3 aromatic rings. The Morgan fingerprint density at radius 1 is 0.921 bits per heavy atom. The van der Waals surface area contributed by atoms with Crippen molar-refractivity contribution in [2.75, 3.05) is 22.7 Å². The highest BCUT2D eigenvalue weighted by molar-refractivity contribution is 7.92. The summed E-state index contributed by atoms with van der Waals surface area (Å²) in [5, 5.41) is -0.295. The number of benzene rings is 1. The second kappa shape index (κ2) is 11.9. The number of carbonyl (C=O) groups excluding carboxylic acids is 1. The van der Waals surface area contributed by atoms with E-state index in [9.17, 15) is 26.4 Å². The molecule has 0 amide bonds. The van der Waals surface area contributed by atoms with Gasteiger partial charge < -0.3 is 9.69 Å². The van der Waals surface area contributed by atoms with E-state index in [2.05, 4.69) is 14.7 Å². The van der Waals surface area contributed by atoms with Crippen LogP contribution in [0.4, 0.5) is 24.8 Å². The van der Waals surface area contributed by atoms with Crippen LogP contribution in [0.2, 0.25) is 0 Å². The van der Waals surface area contributed by atoms with Crippen molar-refractivity contribution in [1.82, 2.24) is 9.97 Å². The maximum Gasteiger partial charge on any atom is 0.418 e. The third kappa shape index (κ3) is 6.69. The summed E-state index contributed by atoms with van der Waals surface area (Å²) in [5.41, 5.74) is -0.210. The van der Waals surface area contributed by atoms with Crippen LogP contribution in [0, 0.1) is 0 Å². The van der Waals surface area contributed by atoms with E-state index in [1.807, 2.05) is 4.90 Å². The van der Waals surface area contributed by atoms with E-state index in [4.69, 9.17) is 0 Å². The van der Waals surface area contributed by atoms with Crippen molar-refractivity contribution in [2.45, 2.75) is 56.1 Å². The summed E-state index contributed by atoms with van der Waals surface area (Å²) in [6.45, 7) is 1.01. The van der Waals surface area contributed by atoms with E-state index in [1.165, 1.54) is 6.07 Å². The van der Waals surface area contributed by atoms with Gasteiger partial charge in [-0.2, -0.15) is 21.6 Å². The number of aromatic nitrogens is 2. The zero-order chi connectivity index (χ0) is 27.2. The molecule has 4 bridgehead atoms. The monoisotopic (exact) mass is 546 g/mol. The number of pyridine rings is 2. The first-order valence-electron chi connectivity index (χ1n) is 12.5. The number of aldehydes is 1. The lowest BCUT2D eigenvalue weighted by molar-refractivity contribution is -0.137. The molecule has 4 rings (SSSR count). The minimum Gasteiger partial charge on any atom is -0.356 e. The maximum atomic E-state index is 14.0. The quantitative estimate of drug-likeness (QED) is 0.414. The molecule has 2 aromatic heterocycles. The molecule has 0 aliphatic carbocycles. The smallest absolute Gasteiger partial charge is 0.356 e. The van der Waals surface area contributed by atoms with Crippen LogP contribution in [0.15, 0.2) is 59.6 Å². The van der Waals surface area contributed by atoms with E-state index in [0.29, 0.717) is 30.9 Å². The molecule has 1 aromatic carbocycles. The number of fused-ring (bicyclic) bond motifs is 6. The molecule has 0 saturated carbocycles. The normalized spacial score (nSPS) is 16.4. The number of rotatable bonds is 3. The first-order chi connectivity index (χ1) is 18.2. The highest BCUT2D eigenvalue weighted by Crippen LogP contribution is 2.38. The number of halogens is 3. The van der Waals surface area contributed by atoms with Crippen LogP contribution in [0.1, 0.15) is 49.7 Å². The Hall–Kier alpha value is -3.47. The van der Waals surface area contributed by atoms with Gasteiger partial charge in [-0.1, -0.05) is 49.6 Å². The molecule has 0 spiro atoms. The van der Waals surface area contributed by atoms with Crippen molar-refractivity contribution >= 4 is 27.9 Å². The van der Waals surface area contributed by atoms with Crippen LogP contribution < -0.4 is 9.62 Å². The fourth-order valence-corrected chi connectivity index (χ4v) is 5.50. The van der Waals surface area contributed by atoms with Gasteiger partial charge in [-0.05, 0) is 49.1 Å². The zero-order valence-electron chi connectivity index (χ0n) is 20.7. The Bertz CT molecular complexity index is 1380. The van der Waals surface area contributed by atoms with Crippen molar-refractivity contribution in [2.24, 2.45) is 0 Å². The second-order valence-corrected chi connectivity index (χ2v) is 10.8. The minimum absolute atomic E-state index is 0.242. The fraction of sp³-hybridized carbons (Fsp3) is 0.370. The van der Waals surface area contributed by atoms with Crippen LogP contribution in [-0.2, 0) is 27.4 Å². The molecular weight excluding hydrogens is 517 g/mol. The summed E-state index contributed by atoms with van der Waals surface area (Å²) in [7, 11) is -4.27. The van der Waals surface area contributed by atoms with Gasteiger partial charge >= 0.3 is 6.18 Å². The van der Waals surface area contributed by atoms with Crippen LogP contribution in [0.3, 0.4) is 0 Å². The highest BCUT2D eigenvalue weighted by Gasteiger charge is 2.35. The number of sulfonamides is 1. The van der Waals surface area contributed by atoms with Gasteiger partial charge in [0, 0.05) is 25.1 Å². The Morgan fingerprint density at radius 2 is 1.68 bits per heavy atom. The average molecular weight is 547 g/mol. The second-order valence-electron chi connectivity index (χ2n) is 9.15. The Kier molecular flexibility index (Phi) is 8.65. The number of anilines is 2. The van der Waals surface area contributed by atoms with E-state index in [0.717, 1.165) is 56.1 Å². The molecular formula is C27H29F3N4O3S. The number of carbonyl (C=O) groups is 1. The first-order valence-corrected chi connectivity index (χ1v) is 14.0. The third-order valence-electron chi connectivity index (χ3n) is 6.41. The van der Waals surface area contributed by atoms with Crippen molar-refractivity contribution in [3.63, 3.8) is 0 Å². The van der Waals surface area contributed by atoms with E-state index in [1.54, 1.807) is 36.4 Å². The summed E-state index contributed by atoms with van der Waals surface area (Å²) < 4.78 is 70.6. The van der Waals surface area contributed by atoms with Crippen molar-refractivity contribution in [1.29, 1.82) is 0 Å². The molecule has 0 fully saturated rings. The number of alkyl halides is 3. The Labute approximate surface area is 220 Å². The molecule has 1 aliphatic rings. The zero-order valence-corrected chi connectivity index (χ0v) is 21.6. The molecule has 0 saturated heterocycles. The lowest BCUT2D eigenvalue weighted by atomic mass is 9.96. The Morgan fingerprint density at radius 3 is 2.47 bits per heavy atom.